The molecule has 0 unspecified atom stereocenters. The summed E-state index contributed by atoms with van der Waals surface area (Å²) in [4.78, 5) is 4.50. The zero-order valence-electron chi connectivity index (χ0n) is 10.9. The molecule has 1 heterocycles. The van der Waals surface area contributed by atoms with Crippen molar-refractivity contribution in [3.63, 3.8) is 0 Å². The van der Waals surface area contributed by atoms with E-state index in [9.17, 15) is 5.21 Å². The summed E-state index contributed by atoms with van der Waals surface area (Å²) in [5.41, 5.74) is 2.81. The van der Waals surface area contributed by atoms with E-state index in [1.165, 1.54) is 17.4 Å². The number of hydrogen-bond donors (Lipinski definition) is 2. The lowest BCUT2D eigenvalue weighted by molar-refractivity contribution is 0.296. The van der Waals surface area contributed by atoms with Crippen molar-refractivity contribution in [1.29, 1.82) is 0 Å². The predicted octanol–water partition coefficient (Wildman–Crippen LogP) is 4.25. The van der Waals surface area contributed by atoms with Crippen LogP contribution < -0.4 is 10.5 Å². The van der Waals surface area contributed by atoms with Gasteiger partial charge >= 0.3 is 0 Å². The lowest BCUT2D eigenvalue weighted by Crippen LogP contribution is -2.06. The lowest BCUT2D eigenvalue weighted by atomic mass is 10.2. The van der Waals surface area contributed by atoms with Crippen molar-refractivity contribution < 1.29 is 5.21 Å². The van der Waals surface area contributed by atoms with Crippen LogP contribution in [0.15, 0.2) is 60.0 Å². The zero-order valence-corrected chi connectivity index (χ0v) is 11.7. The molecule has 3 aromatic rings. The number of rotatable bonds is 4. The van der Waals surface area contributed by atoms with Crippen LogP contribution in [0.2, 0.25) is 0 Å². The number of nitrogens with one attached hydrogen (secondary N) is 1. The van der Waals surface area contributed by atoms with Gasteiger partial charge in [0.1, 0.15) is 0 Å². The van der Waals surface area contributed by atoms with Crippen molar-refractivity contribution in [2.24, 2.45) is 0 Å². The van der Waals surface area contributed by atoms with Crippen LogP contribution in [-0.2, 0) is 0 Å². The molecular formula is C15H12N3O2S-. The van der Waals surface area contributed by atoms with E-state index in [1.54, 1.807) is 18.2 Å². The molecule has 0 fully saturated rings. The van der Waals surface area contributed by atoms with Crippen LogP contribution >= 0.6 is 11.3 Å². The second-order valence-electron chi connectivity index (χ2n) is 4.35. The van der Waals surface area contributed by atoms with Gasteiger partial charge in [-0.1, -0.05) is 36.4 Å². The fourth-order valence-electron chi connectivity index (χ4n) is 1.90. The maximum atomic E-state index is 10.9. The molecule has 0 radical (unpaired) electrons. The molecule has 0 spiro atoms. The van der Waals surface area contributed by atoms with Crippen LogP contribution in [0.5, 0.6) is 0 Å². The van der Waals surface area contributed by atoms with Crippen molar-refractivity contribution in [1.82, 2.24) is 4.98 Å². The van der Waals surface area contributed by atoms with E-state index in [0.29, 0.717) is 5.69 Å². The number of nitrogens with zero attached hydrogens (tertiary/aromatic N) is 2. The van der Waals surface area contributed by atoms with Gasteiger partial charge in [-0.3, -0.25) is 5.21 Å². The van der Waals surface area contributed by atoms with Crippen LogP contribution in [-0.4, -0.2) is 10.2 Å². The standard InChI is InChI=1S/C15H12N3O2S/c19-18(20)13-8-4-7-12(9-13)16-15-17-14(10-21-15)11-5-2-1-3-6-11/h1-10,19H,(H,16,17)/q-1. The Morgan fingerprint density at radius 1 is 1.10 bits per heavy atom. The molecule has 0 aliphatic carbocycles. The van der Waals surface area contributed by atoms with E-state index in [0.717, 1.165) is 16.4 Å². The maximum Gasteiger partial charge on any atom is 0.187 e. The molecule has 3 rings (SSSR count). The van der Waals surface area contributed by atoms with E-state index in [-0.39, 0.29) is 10.9 Å². The molecule has 0 aliphatic heterocycles. The lowest BCUT2D eigenvalue weighted by Gasteiger charge is -2.21. The second kappa shape index (κ2) is 5.92. The first-order chi connectivity index (χ1) is 10.2. The third kappa shape index (κ3) is 3.19. The average Bonchev–Trinajstić information content (AvgIpc) is 2.97. The molecule has 2 N–H and O–H groups in total. The molecule has 0 bridgehead atoms. The molecule has 0 saturated heterocycles. The molecule has 0 aliphatic rings. The number of benzene rings is 2. The van der Waals surface area contributed by atoms with E-state index >= 15 is 0 Å². The SMILES string of the molecule is [O-]N(O)c1cccc(Nc2nc(-c3ccccc3)cs2)c1. The van der Waals surface area contributed by atoms with E-state index < -0.39 is 0 Å². The van der Waals surface area contributed by atoms with Gasteiger partial charge in [0.2, 0.25) is 0 Å². The summed E-state index contributed by atoms with van der Waals surface area (Å²) in [5, 5.41) is 25.4. The summed E-state index contributed by atoms with van der Waals surface area (Å²) in [6, 6.07) is 16.5. The highest BCUT2D eigenvalue weighted by Gasteiger charge is 2.05. The summed E-state index contributed by atoms with van der Waals surface area (Å²) < 4.78 is 0. The Morgan fingerprint density at radius 2 is 1.90 bits per heavy atom. The van der Waals surface area contributed by atoms with Gasteiger partial charge in [-0.25, -0.2) is 4.98 Å². The Morgan fingerprint density at radius 3 is 2.67 bits per heavy atom. The second-order valence-corrected chi connectivity index (χ2v) is 5.21. The molecule has 2 aromatic carbocycles. The highest BCUT2D eigenvalue weighted by atomic mass is 32.1. The topological polar surface area (TPSA) is 71.5 Å². The normalized spacial score (nSPS) is 10.4. The first kappa shape index (κ1) is 13.6. The molecule has 5 nitrogen and oxygen atoms in total. The maximum absolute atomic E-state index is 10.9. The predicted molar refractivity (Wildman–Crippen MR) is 84.9 cm³/mol. The molecule has 1 aromatic heterocycles. The third-order valence-corrected chi connectivity index (χ3v) is 3.65. The Balaban J connectivity index is 1.80. The van der Waals surface area contributed by atoms with Gasteiger partial charge in [0.25, 0.3) is 0 Å². The highest BCUT2D eigenvalue weighted by molar-refractivity contribution is 7.14. The number of aromatic nitrogens is 1. The molecule has 106 valence electrons. The van der Waals surface area contributed by atoms with Gasteiger partial charge in [-0.15, -0.1) is 11.3 Å². The van der Waals surface area contributed by atoms with Crippen molar-refractivity contribution in [3.05, 3.63) is 65.2 Å². The Hall–Kier alpha value is -2.41. The highest BCUT2D eigenvalue weighted by Crippen LogP contribution is 2.28. The van der Waals surface area contributed by atoms with Crippen LogP contribution in [0, 0.1) is 5.21 Å². The molecule has 0 amide bonds. The van der Waals surface area contributed by atoms with Gasteiger partial charge in [0, 0.05) is 16.6 Å². The third-order valence-electron chi connectivity index (χ3n) is 2.89. The summed E-state index contributed by atoms with van der Waals surface area (Å²) in [6.07, 6.45) is 0. The van der Waals surface area contributed by atoms with Crippen molar-refractivity contribution >= 4 is 27.8 Å². The number of anilines is 3. The fraction of sp³-hybridized carbons (Fsp3) is 0. The zero-order chi connectivity index (χ0) is 14.7. The summed E-state index contributed by atoms with van der Waals surface area (Å²) in [5.74, 6) is 0. The van der Waals surface area contributed by atoms with Gasteiger partial charge in [0.15, 0.2) is 5.13 Å². The summed E-state index contributed by atoms with van der Waals surface area (Å²) >= 11 is 1.48. The molecular weight excluding hydrogens is 286 g/mol. The van der Waals surface area contributed by atoms with Gasteiger partial charge in [-0.05, 0) is 18.2 Å². The minimum Gasteiger partial charge on any atom is -0.733 e. The van der Waals surface area contributed by atoms with E-state index in [1.807, 2.05) is 35.7 Å². The average molecular weight is 298 g/mol. The minimum atomic E-state index is -0.164. The largest absolute Gasteiger partial charge is 0.733 e. The summed E-state index contributed by atoms with van der Waals surface area (Å²) in [7, 11) is 0. The molecule has 0 saturated carbocycles. The Labute approximate surface area is 125 Å². The van der Waals surface area contributed by atoms with Gasteiger partial charge in [-0.2, -0.15) is 0 Å². The fourth-order valence-corrected chi connectivity index (χ4v) is 2.64. The molecule has 0 atom stereocenters. The van der Waals surface area contributed by atoms with E-state index in [4.69, 9.17) is 5.21 Å². The quantitative estimate of drug-likeness (QED) is 0.705. The monoisotopic (exact) mass is 298 g/mol. The van der Waals surface area contributed by atoms with Crippen molar-refractivity contribution in [2.75, 3.05) is 10.5 Å². The van der Waals surface area contributed by atoms with Gasteiger partial charge in [0.05, 0.1) is 11.4 Å². The van der Waals surface area contributed by atoms with Crippen LogP contribution in [0.4, 0.5) is 16.5 Å². The van der Waals surface area contributed by atoms with Crippen LogP contribution in [0.25, 0.3) is 11.3 Å². The Bertz CT molecular complexity index is 729. The minimum absolute atomic E-state index is 0.164. The molecule has 6 heteroatoms. The summed E-state index contributed by atoms with van der Waals surface area (Å²) in [6.45, 7) is 0. The smallest absolute Gasteiger partial charge is 0.187 e. The van der Waals surface area contributed by atoms with Crippen LogP contribution in [0.3, 0.4) is 0 Å². The van der Waals surface area contributed by atoms with E-state index in [2.05, 4.69) is 10.3 Å². The number of hydrogen-bond acceptors (Lipinski definition) is 6. The van der Waals surface area contributed by atoms with Gasteiger partial charge < -0.3 is 15.8 Å². The first-order valence-electron chi connectivity index (χ1n) is 6.26. The van der Waals surface area contributed by atoms with Crippen LogP contribution in [0.1, 0.15) is 0 Å². The van der Waals surface area contributed by atoms with Crippen molar-refractivity contribution in [2.45, 2.75) is 0 Å². The first-order valence-corrected chi connectivity index (χ1v) is 7.14. The van der Waals surface area contributed by atoms with Crippen molar-refractivity contribution in [3.8, 4) is 11.3 Å². The molecule has 21 heavy (non-hydrogen) atoms. The number of thiazole rings is 1. The Kier molecular flexibility index (Phi) is 3.83.